The highest BCUT2D eigenvalue weighted by atomic mass is 16.5. The van der Waals surface area contributed by atoms with E-state index in [2.05, 4.69) is 10.6 Å². The second-order valence-electron chi connectivity index (χ2n) is 6.75. The van der Waals surface area contributed by atoms with Crippen molar-refractivity contribution in [3.8, 4) is 5.75 Å². The molecule has 0 aliphatic heterocycles. The minimum atomic E-state index is -0.326. The SMILES string of the molecule is CC(C)(C)NC(=O)COc1ccccc1C(=O)NCc1ccccc1. The third-order valence-corrected chi connectivity index (χ3v) is 3.30. The van der Waals surface area contributed by atoms with E-state index in [1.54, 1.807) is 24.3 Å². The molecule has 0 aliphatic carbocycles. The van der Waals surface area contributed by atoms with Gasteiger partial charge in [0.1, 0.15) is 5.75 Å². The monoisotopic (exact) mass is 340 g/mol. The summed E-state index contributed by atoms with van der Waals surface area (Å²) in [5.41, 5.74) is 1.09. The summed E-state index contributed by atoms with van der Waals surface area (Å²) in [4.78, 5) is 24.3. The fourth-order valence-corrected chi connectivity index (χ4v) is 2.25. The van der Waals surface area contributed by atoms with Crippen molar-refractivity contribution in [1.82, 2.24) is 10.6 Å². The molecule has 2 amide bonds. The Morgan fingerprint density at radius 1 is 0.960 bits per heavy atom. The number of rotatable bonds is 6. The lowest BCUT2D eigenvalue weighted by atomic mass is 10.1. The molecule has 0 atom stereocenters. The van der Waals surface area contributed by atoms with Gasteiger partial charge in [-0.3, -0.25) is 9.59 Å². The molecule has 0 saturated heterocycles. The van der Waals surface area contributed by atoms with Crippen LogP contribution in [-0.2, 0) is 11.3 Å². The Kier molecular flexibility index (Phi) is 6.17. The standard InChI is InChI=1S/C20H24N2O3/c1-20(2,3)22-18(23)14-25-17-12-8-7-11-16(17)19(24)21-13-15-9-5-4-6-10-15/h4-12H,13-14H2,1-3H3,(H,21,24)(H,22,23). The third kappa shape index (κ3) is 6.30. The molecule has 2 aromatic rings. The maximum absolute atomic E-state index is 12.4. The lowest BCUT2D eigenvalue weighted by Gasteiger charge is -2.20. The normalized spacial score (nSPS) is 10.8. The predicted molar refractivity (Wildman–Crippen MR) is 97.4 cm³/mol. The van der Waals surface area contributed by atoms with Crippen LogP contribution in [0.5, 0.6) is 5.75 Å². The molecule has 0 saturated carbocycles. The first-order valence-electron chi connectivity index (χ1n) is 8.20. The third-order valence-electron chi connectivity index (χ3n) is 3.30. The molecule has 0 aliphatic rings. The highest BCUT2D eigenvalue weighted by molar-refractivity contribution is 5.97. The molecule has 0 fully saturated rings. The maximum atomic E-state index is 12.4. The second-order valence-corrected chi connectivity index (χ2v) is 6.75. The highest BCUT2D eigenvalue weighted by Crippen LogP contribution is 2.18. The Hall–Kier alpha value is -2.82. The van der Waals surface area contributed by atoms with Crippen LogP contribution in [0.15, 0.2) is 54.6 Å². The molecule has 132 valence electrons. The molecular weight excluding hydrogens is 316 g/mol. The lowest BCUT2D eigenvalue weighted by molar-refractivity contribution is -0.124. The van der Waals surface area contributed by atoms with E-state index in [0.29, 0.717) is 17.9 Å². The molecule has 2 rings (SSSR count). The number of para-hydroxylation sites is 1. The molecule has 0 radical (unpaired) electrons. The van der Waals surface area contributed by atoms with E-state index in [4.69, 9.17) is 4.74 Å². The van der Waals surface area contributed by atoms with Crippen LogP contribution in [0.1, 0.15) is 36.7 Å². The number of carbonyl (C=O) groups excluding carboxylic acids is 2. The van der Waals surface area contributed by atoms with Crippen molar-refractivity contribution in [1.29, 1.82) is 0 Å². The summed E-state index contributed by atoms with van der Waals surface area (Å²) in [5.74, 6) is -0.0835. The molecule has 0 unspecified atom stereocenters. The molecular formula is C20H24N2O3. The number of benzene rings is 2. The van der Waals surface area contributed by atoms with Gasteiger partial charge in [0.05, 0.1) is 5.56 Å². The summed E-state index contributed by atoms with van der Waals surface area (Å²) in [5, 5.41) is 5.68. The van der Waals surface area contributed by atoms with Crippen LogP contribution in [0.2, 0.25) is 0 Å². The van der Waals surface area contributed by atoms with E-state index >= 15 is 0 Å². The number of ether oxygens (including phenoxy) is 1. The van der Waals surface area contributed by atoms with Gasteiger partial charge in [0.2, 0.25) is 0 Å². The number of carbonyl (C=O) groups is 2. The quantitative estimate of drug-likeness (QED) is 0.850. The molecule has 25 heavy (non-hydrogen) atoms. The van der Waals surface area contributed by atoms with Crippen molar-refractivity contribution < 1.29 is 14.3 Å². The van der Waals surface area contributed by atoms with Crippen molar-refractivity contribution in [2.75, 3.05) is 6.61 Å². The van der Waals surface area contributed by atoms with Crippen molar-refractivity contribution in [2.45, 2.75) is 32.9 Å². The summed E-state index contributed by atoms with van der Waals surface area (Å²) in [6.07, 6.45) is 0. The minimum absolute atomic E-state index is 0.139. The number of nitrogens with one attached hydrogen (secondary N) is 2. The Morgan fingerprint density at radius 2 is 1.60 bits per heavy atom. The van der Waals surface area contributed by atoms with E-state index in [9.17, 15) is 9.59 Å². The zero-order valence-electron chi connectivity index (χ0n) is 14.8. The molecule has 5 heteroatoms. The Labute approximate surface area is 148 Å². The summed E-state index contributed by atoms with van der Waals surface area (Å²) in [6, 6.07) is 16.6. The summed E-state index contributed by atoms with van der Waals surface area (Å²) in [7, 11) is 0. The predicted octanol–water partition coefficient (Wildman–Crippen LogP) is 2.91. The number of amides is 2. The summed E-state index contributed by atoms with van der Waals surface area (Å²) < 4.78 is 5.55. The van der Waals surface area contributed by atoms with Gasteiger partial charge in [0.15, 0.2) is 6.61 Å². The second kappa shape index (κ2) is 8.33. The Balaban J connectivity index is 1.97. The van der Waals surface area contributed by atoms with E-state index in [1.807, 2.05) is 51.1 Å². The van der Waals surface area contributed by atoms with Crippen molar-refractivity contribution in [3.05, 3.63) is 65.7 Å². The fourth-order valence-electron chi connectivity index (χ4n) is 2.25. The number of hydrogen-bond acceptors (Lipinski definition) is 3. The number of hydrogen-bond donors (Lipinski definition) is 2. The smallest absolute Gasteiger partial charge is 0.258 e. The van der Waals surface area contributed by atoms with Gasteiger partial charge in [-0.1, -0.05) is 42.5 Å². The summed E-state index contributed by atoms with van der Waals surface area (Å²) in [6.45, 7) is 5.99. The van der Waals surface area contributed by atoms with Crippen molar-refractivity contribution in [3.63, 3.8) is 0 Å². The molecule has 0 aromatic heterocycles. The van der Waals surface area contributed by atoms with Gasteiger partial charge >= 0.3 is 0 Å². The van der Waals surface area contributed by atoms with Crippen molar-refractivity contribution in [2.24, 2.45) is 0 Å². The van der Waals surface area contributed by atoms with Gasteiger partial charge in [-0.2, -0.15) is 0 Å². The molecule has 0 spiro atoms. The molecule has 5 nitrogen and oxygen atoms in total. The van der Waals surface area contributed by atoms with Crippen LogP contribution >= 0.6 is 0 Å². The first-order valence-corrected chi connectivity index (χ1v) is 8.20. The average molecular weight is 340 g/mol. The Bertz CT molecular complexity index is 721. The largest absolute Gasteiger partial charge is 0.483 e. The van der Waals surface area contributed by atoms with Gasteiger partial charge in [-0.25, -0.2) is 0 Å². The van der Waals surface area contributed by atoms with Crippen LogP contribution in [0.25, 0.3) is 0 Å². The lowest BCUT2D eigenvalue weighted by Crippen LogP contribution is -2.43. The zero-order valence-corrected chi connectivity index (χ0v) is 14.8. The molecule has 0 bridgehead atoms. The van der Waals surface area contributed by atoms with Gasteiger partial charge in [-0.15, -0.1) is 0 Å². The van der Waals surface area contributed by atoms with Crippen LogP contribution in [0.3, 0.4) is 0 Å². The first kappa shape index (κ1) is 18.5. The Morgan fingerprint density at radius 3 is 2.28 bits per heavy atom. The van der Waals surface area contributed by atoms with Gasteiger partial charge in [0, 0.05) is 12.1 Å². The summed E-state index contributed by atoms with van der Waals surface area (Å²) >= 11 is 0. The minimum Gasteiger partial charge on any atom is -0.483 e. The van der Waals surface area contributed by atoms with Gasteiger partial charge in [-0.05, 0) is 38.5 Å². The van der Waals surface area contributed by atoms with E-state index < -0.39 is 0 Å². The zero-order chi connectivity index (χ0) is 18.3. The van der Waals surface area contributed by atoms with Crippen LogP contribution in [0.4, 0.5) is 0 Å². The first-order chi connectivity index (χ1) is 11.8. The topological polar surface area (TPSA) is 67.4 Å². The average Bonchev–Trinajstić information content (AvgIpc) is 2.57. The fraction of sp³-hybridized carbons (Fsp3) is 0.300. The van der Waals surface area contributed by atoms with Gasteiger partial charge < -0.3 is 15.4 Å². The van der Waals surface area contributed by atoms with E-state index in [1.165, 1.54) is 0 Å². The van der Waals surface area contributed by atoms with Gasteiger partial charge in [0.25, 0.3) is 11.8 Å². The molecule has 0 heterocycles. The van der Waals surface area contributed by atoms with Crippen LogP contribution in [-0.4, -0.2) is 24.0 Å². The van der Waals surface area contributed by atoms with Crippen LogP contribution < -0.4 is 15.4 Å². The van der Waals surface area contributed by atoms with Crippen LogP contribution in [0, 0.1) is 0 Å². The highest BCUT2D eigenvalue weighted by Gasteiger charge is 2.16. The van der Waals surface area contributed by atoms with Crippen molar-refractivity contribution >= 4 is 11.8 Å². The molecule has 2 N–H and O–H groups in total. The van der Waals surface area contributed by atoms with E-state index in [0.717, 1.165) is 5.56 Å². The van der Waals surface area contributed by atoms with E-state index in [-0.39, 0.29) is 24.0 Å². The molecule has 2 aromatic carbocycles. The maximum Gasteiger partial charge on any atom is 0.258 e.